The normalized spacial score (nSPS) is 10.7. The molecule has 9 heteroatoms. The number of hydrogen-bond acceptors (Lipinski definition) is 9. The zero-order chi connectivity index (χ0) is 40.5. The Labute approximate surface area is 342 Å². The molecule has 0 bridgehead atoms. The van der Waals surface area contributed by atoms with Gasteiger partial charge in [0.2, 0.25) is 0 Å². The average molecular weight is 766 g/mol. The van der Waals surface area contributed by atoms with Crippen LogP contribution < -0.4 is 14.7 Å². The molecule has 0 fully saturated rings. The maximum absolute atomic E-state index is 4.46. The van der Waals surface area contributed by atoms with Crippen molar-refractivity contribution in [2.24, 2.45) is 0 Å². The van der Waals surface area contributed by atoms with E-state index in [0.717, 1.165) is 76.4 Å². The number of likely N-dealkylation sites (N-methyl/N-ethyl adjacent to an activating group) is 3. The average Bonchev–Trinajstić information content (AvgIpc) is 3.25. The second-order valence-electron chi connectivity index (χ2n) is 14.7. The summed E-state index contributed by atoms with van der Waals surface area (Å²) in [5.74, 6) is 3.11. The fourth-order valence-corrected chi connectivity index (χ4v) is 5.82. The minimum atomic E-state index is 0.895. The van der Waals surface area contributed by atoms with E-state index in [1.54, 1.807) is 0 Å². The lowest BCUT2D eigenvalue weighted by atomic mass is 10.2. The highest BCUT2D eigenvalue weighted by Crippen LogP contribution is 2.16. The van der Waals surface area contributed by atoms with Gasteiger partial charge in [0.05, 0.1) is 0 Å². The quantitative estimate of drug-likeness (QED) is 0.0869. The minimum absolute atomic E-state index is 0.895. The molecule has 57 heavy (non-hydrogen) atoms. The summed E-state index contributed by atoms with van der Waals surface area (Å²) in [5, 5.41) is 0. The van der Waals surface area contributed by atoms with Gasteiger partial charge in [-0.3, -0.25) is 0 Å². The summed E-state index contributed by atoms with van der Waals surface area (Å²) in [6, 6.07) is 49.8. The first-order valence-electron chi connectivity index (χ1n) is 19.8. The lowest BCUT2D eigenvalue weighted by Crippen LogP contribution is -2.31. The van der Waals surface area contributed by atoms with E-state index < -0.39 is 0 Å². The van der Waals surface area contributed by atoms with Gasteiger partial charge in [-0.2, -0.15) is 0 Å². The topological polar surface area (TPSA) is 58.1 Å². The Balaban J connectivity index is 0.000000189. The van der Waals surface area contributed by atoms with Crippen molar-refractivity contribution in [2.45, 2.75) is 19.6 Å². The summed E-state index contributed by atoms with van der Waals surface area (Å²) in [7, 11) is 12.6. The van der Waals surface area contributed by atoms with E-state index in [1.165, 1.54) is 16.7 Å². The van der Waals surface area contributed by atoms with Gasteiger partial charge in [0, 0.05) is 77.5 Å². The number of hydrogen-bond donors (Lipinski definition) is 0. The predicted octanol–water partition coefficient (Wildman–Crippen LogP) is 7.95. The fourth-order valence-electron chi connectivity index (χ4n) is 5.82. The third-order valence-corrected chi connectivity index (χ3v) is 9.02. The second-order valence-corrected chi connectivity index (χ2v) is 14.7. The molecule has 3 aromatic carbocycles. The predicted molar refractivity (Wildman–Crippen MR) is 241 cm³/mol. The monoisotopic (exact) mass is 766 g/mol. The molecule has 0 unspecified atom stereocenters. The molecule has 0 aliphatic rings. The summed E-state index contributed by atoms with van der Waals surface area (Å²) in [4.78, 5) is 26.9. The van der Waals surface area contributed by atoms with Crippen LogP contribution in [-0.4, -0.2) is 111 Å². The second kappa shape index (κ2) is 25.5. The summed E-state index contributed by atoms with van der Waals surface area (Å²) in [6.07, 6.45) is 5.55. The van der Waals surface area contributed by atoms with Crippen molar-refractivity contribution in [3.05, 3.63) is 181 Å². The Morgan fingerprint density at radius 1 is 0.298 bits per heavy atom. The van der Waals surface area contributed by atoms with Crippen molar-refractivity contribution < 1.29 is 0 Å². The van der Waals surface area contributed by atoms with Crippen molar-refractivity contribution in [3.63, 3.8) is 0 Å². The van der Waals surface area contributed by atoms with Crippen molar-refractivity contribution in [2.75, 3.05) is 96.3 Å². The molecule has 300 valence electrons. The van der Waals surface area contributed by atoms with Crippen LogP contribution in [0.2, 0.25) is 0 Å². The molecule has 6 rings (SSSR count). The SMILES string of the molecule is CN(C)CCN(Cc1ccccc1)c1ccccn1.CN(C)CCN(Cc1ccccc1)c1ccccn1.CN(C)CCN(Cc1ccccc1)c1ccccn1. The largest absolute Gasteiger partial charge is 0.351 e. The summed E-state index contributed by atoms with van der Waals surface area (Å²) in [6.45, 7) is 8.65. The highest BCUT2D eigenvalue weighted by molar-refractivity contribution is 5.41. The van der Waals surface area contributed by atoms with E-state index in [2.05, 4.69) is 196 Å². The molecule has 3 heterocycles. The molecular weight excluding hydrogens is 703 g/mol. The molecule has 0 N–H and O–H groups in total. The molecule has 0 spiro atoms. The van der Waals surface area contributed by atoms with E-state index in [-0.39, 0.29) is 0 Å². The van der Waals surface area contributed by atoms with Gasteiger partial charge in [0.1, 0.15) is 17.5 Å². The van der Waals surface area contributed by atoms with Gasteiger partial charge in [-0.15, -0.1) is 0 Å². The highest BCUT2D eigenvalue weighted by Gasteiger charge is 2.11. The molecule has 0 radical (unpaired) electrons. The molecule has 9 nitrogen and oxygen atoms in total. The number of rotatable bonds is 18. The number of aromatic nitrogens is 3. The zero-order valence-electron chi connectivity index (χ0n) is 35.0. The lowest BCUT2D eigenvalue weighted by Gasteiger charge is -2.25. The van der Waals surface area contributed by atoms with Gasteiger partial charge in [-0.25, -0.2) is 15.0 Å². The van der Waals surface area contributed by atoms with Crippen molar-refractivity contribution in [1.29, 1.82) is 0 Å². The van der Waals surface area contributed by atoms with Crippen molar-refractivity contribution in [1.82, 2.24) is 29.7 Å². The molecule has 0 saturated heterocycles. The first-order valence-corrected chi connectivity index (χ1v) is 19.8. The minimum Gasteiger partial charge on any atom is -0.351 e. The van der Waals surface area contributed by atoms with E-state index in [0.29, 0.717) is 0 Å². The first-order chi connectivity index (χ1) is 27.8. The number of nitrogens with zero attached hydrogens (tertiary/aromatic N) is 9. The summed E-state index contributed by atoms with van der Waals surface area (Å²) >= 11 is 0. The molecule has 0 atom stereocenters. The summed E-state index contributed by atoms with van der Waals surface area (Å²) < 4.78 is 0. The Hall–Kier alpha value is -5.61. The van der Waals surface area contributed by atoms with E-state index in [9.17, 15) is 0 Å². The molecule has 3 aromatic heterocycles. The highest BCUT2D eigenvalue weighted by atomic mass is 15.2. The van der Waals surface area contributed by atoms with Crippen molar-refractivity contribution in [3.8, 4) is 0 Å². The van der Waals surface area contributed by atoms with E-state index in [4.69, 9.17) is 0 Å². The van der Waals surface area contributed by atoms with Gasteiger partial charge < -0.3 is 29.4 Å². The molecule has 0 aliphatic heterocycles. The van der Waals surface area contributed by atoms with Gasteiger partial charge in [0.25, 0.3) is 0 Å². The molecule has 6 aromatic rings. The van der Waals surface area contributed by atoms with Crippen LogP contribution in [0.4, 0.5) is 17.5 Å². The summed E-state index contributed by atoms with van der Waals surface area (Å²) in [5.41, 5.74) is 3.94. The van der Waals surface area contributed by atoms with Crippen LogP contribution in [0.5, 0.6) is 0 Å². The van der Waals surface area contributed by atoms with Crippen LogP contribution in [0.15, 0.2) is 164 Å². The molecule has 0 saturated carbocycles. The van der Waals surface area contributed by atoms with Crippen LogP contribution in [0.25, 0.3) is 0 Å². The van der Waals surface area contributed by atoms with Crippen LogP contribution in [0, 0.1) is 0 Å². The van der Waals surface area contributed by atoms with E-state index >= 15 is 0 Å². The standard InChI is InChI=1S/3C16H21N3/c3*1-18(2)12-13-19(16-10-6-7-11-17-16)14-15-8-4-3-5-9-15/h3*3-11H,12-14H2,1-2H3. The van der Waals surface area contributed by atoms with Crippen LogP contribution in [0.3, 0.4) is 0 Å². The Morgan fingerprint density at radius 3 is 0.754 bits per heavy atom. The van der Waals surface area contributed by atoms with Gasteiger partial charge >= 0.3 is 0 Å². The van der Waals surface area contributed by atoms with Gasteiger partial charge in [0.15, 0.2) is 0 Å². The Kier molecular flexibility index (Phi) is 19.8. The van der Waals surface area contributed by atoms with Crippen LogP contribution in [0.1, 0.15) is 16.7 Å². The fraction of sp³-hybridized carbons (Fsp3) is 0.312. The maximum Gasteiger partial charge on any atom is 0.128 e. The number of anilines is 3. The first kappa shape index (κ1) is 44.1. The van der Waals surface area contributed by atoms with Crippen LogP contribution >= 0.6 is 0 Å². The lowest BCUT2D eigenvalue weighted by molar-refractivity contribution is 0.412. The number of benzene rings is 3. The zero-order valence-corrected chi connectivity index (χ0v) is 35.0. The van der Waals surface area contributed by atoms with Crippen molar-refractivity contribution >= 4 is 17.5 Å². The number of pyridine rings is 3. The van der Waals surface area contributed by atoms with Gasteiger partial charge in [-0.05, 0) is 95.4 Å². The van der Waals surface area contributed by atoms with Gasteiger partial charge in [-0.1, -0.05) is 109 Å². The smallest absolute Gasteiger partial charge is 0.128 e. The van der Waals surface area contributed by atoms with E-state index in [1.807, 2.05) is 55.0 Å². The maximum atomic E-state index is 4.46. The third kappa shape index (κ3) is 17.8. The third-order valence-electron chi connectivity index (χ3n) is 9.02. The molecule has 0 aliphatic carbocycles. The Bertz CT molecular complexity index is 1620. The molecule has 0 amide bonds. The Morgan fingerprint density at radius 2 is 0.544 bits per heavy atom. The molecular formula is C48H63N9. The van der Waals surface area contributed by atoms with Crippen LogP contribution in [-0.2, 0) is 19.6 Å².